The predicted molar refractivity (Wildman–Crippen MR) is 77.8 cm³/mol. The molecule has 3 nitrogen and oxygen atoms in total. The van der Waals surface area contributed by atoms with Gasteiger partial charge in [-0.3, -0.25) is 0 Å². The normalized spacial score (nSPS) is 12.7. The minimum atomic E-state index is -0.0162. The van der Waals surface area contributed by atoms with Crippen molar-refractivity contribution in [1.82, 2.24) is 9.55 Å². The number of hydrogen-bond donors (Lipinski definition) is 1. The van der Waals surface area contributed by atoms with Gasteiger partial charge in [0.05, 0.1) is 0 Å². The zero-order valence-corrected chi connectivity index (χ0v) is 11.0. The molecule has 0 aliphatic heterocycles. The first-order valence-corrected chi connectivity index (χ1v) is 6.46. The fraction of sp³-hybridized carbons (Fsp3) is 0.188. The number of rotatable bonds is 3. The van der Waals surface area contributed by atoms with Crippen LogP contribution in [-0.4, -0.2) is 9.55 Å². The second-order valence-corrected chi connectivity index (χ2v) is 4.84. The molecule has 0 aliphatic rings. The number of imidazole rings is 1. The molecule has 0 aliphatic carbocycles. The molecule has 3 heteroatoms. The van der Waals surface area contributed by atoms with E-state index < -0.39 is 0 Å². The Labute approximate surface area is 112 Å². The highest BCUT2D eigenvalue weighted by atomic mass is 15.1. The molecule has 0 radical (unpaired) electrons. The van der Waals surface area contributed by atoms with Crippen LogP contribution in [0.3, 0.4) is 0 Å². The Balaban J connectivity index is 1.89. The molecule has 2 N–H and O–H groups in total. The third kappa shape index (κ3) is 2.37. The predicted octanol–water partition coefficient (Wildman–Crippen LogP) is 3.04. The van der Waals surface area contributed by atoms with E-state index in [0.29, 0.717) is 0 Å². The van der Waals surface area contributed by atoms with E-state index in [-0.39, 0.29) is 6.04 Å². The van der Waals surface area contributed by atoms with Crippen LogP contribution in [0.2, 0.25) is 0 Å². The van der Waals surface area contributed by atoms with Crippen LogP contribution in [0.25, 0.3) is 10.8 Å². The summed E-state index contributed by atoms with van der Waals surface area (Å²) in [6, 6.07) is 14.7. The van der Waals surface area contributed by atoms with Crippen LogP contribution < -0.4 is 5.73 Å². The number of nitrogens with zero attached hydrogens (tertiary/aromatic N) is 2. The highest BCUT2D eigenvalue weighted by Gasteiger charge is 2.08. The van der Waals surface area contributed by atoms with Gasteiger partial charge in [0.1, 0.15) is 5.82 Å². The number of nitrogens with two attached hydrogens (primary N) is 1. The Kier molecular flexibility index (Phi) is 3.05. The lowest BCUT2D eigenvalue weighted by Gasteiger charge is -2.14. The molecule has 1 atom stereocenters. The maximum Gasteiger partial charge on any atom is 0.105 e. The summed E-state index contributed by atoms with van der Waals surface area (Å²) >= 11 is 0. The summed E-state index contributed by atoms with van der Waals surface area (Å²) in [5, 5.41) is 2.48. The van der Waals surface area contributed by atoms with E-state index in [1.54, 1.807) is 0 Å². The molecule has 1 aromatic heterocycles. The minimum absolute atomic E-state index is 0.0162. The van der Waals surface area contributed by atoms with Crippen LogP contribution >= 0.6 is 0 Å². The lowest BCUT2D eigenvalue weighted by molar-refractivity contribution is 0.565. The number of aryl methyl sites for hydroxylation is 1. The van der Waals surface area contributed by atoms with Crippen LogP contribution in [0.5, 0.6) is 0 Å². The maximum absolute atomic E-state index is 6.30. The SMILES string of the molecule is Cc1nccn1CC(N)c1ccc2ccccc2c1. The van der Waals surface area contributed by atoms with E-state index in [4.69, 9.17) is 5.73 Å². The minimum Gasteiger partial charge on any atom is -0.333 e. The zero-order valence-electron chi connectivity index (χ0n) is 11.0. The van der Waals surface area contributed by atoms with Crippen molar-refractivity contribution in [2.24, 2.45) is 5.73 Å². The van der Waals surface area contributed by atoms with Gasteiger partial charge in [-0.15, -0.1) is 0 Å². The molecular weight excluding hydrogens is 234 g/mol. The summed E-state index contributed by atoms with van der Waals surface area (Å²) in [4.78, 5) is 4.22. The molecule has 0 saturated heterocycles. The second kappa shape index (κ2) is 4.86. The van der Waals surface area contributed by atoms with Crippen molar-refractivity contribution in [3.05, 3.63) is 66.2 Å². The van der Waals surface area contributed by atoms with Crippen molar-refractivity contribution in [2.45, 2.75) is 19.5 Å². The van der Waals surface area contributed by atoms with Crippen LogP contribution in [0, 0.1) is 6.92 Å². The average Bonchev–Trinajstić information content (AvgIpc) is 2.84. The quantitative estimate of drug-likeness (QED) is 0.777. The molecule has 19 heavy (non-hydrogen) atoms. The van der Waals surface area contributed by atoms with E-state index in [9.17, 15) is 0 Å². The van der Waals surface area contributed by atoms with Gasteiger partial charge < -0.3 is 10.3 Å². The topological polar surface area (TPSA) is 43.8 Å². The lowest BCUT2D eigenvalue weighted by Crippen LogP contribution is -2.17. The number of aromatic nitrogens is 2. The second-order valence-electron chi connectivity index (χ2n) is 4.84. The van der Waals surface area contributed by atoms with Crippen LogP contribution in [0.15, 0.2) is 54.9 Å². The summed E-state index contributed by atoms with van der Waals surface area (Å²) in [6.45, 7) is 2.75. The van der Waals surface area contributed by atoms with E-state index in [2.05, 4.69) is 52.0 Å². The van der Waals surface area contributed by atoms with E-state index >= 15 is 0 Å². The molecular formula is C16H17N3. The molecule has 2 aromatic carbocycles. The van der Waals surface area contributed by atoms with Crippen molar-refractivity contribution >= 4 is 10.8 Å². The highest BCUT2D eigenvalue weighted by molar-refractivity contribution is 5.83. The van der Waals surface area contributed by atoms with Crippen molar-refractivity contribution < 1.29 is 0 Å². The summed E-state index contributed by atoms with van der Waals surface area (Å²) in [5.41, 5.74) is 7.46. The summed E-state index contributed by atoms with van der Waals surface area (Å²) in [6.07, 6.45) is 3.78. The average molecular weight is 251 g/mol. The summed E-state index contributed by atoms with van der Waals surface area (Å²) in [5.74, 6) is 0.997. The van der Waals surface area contributed by atoms with Gasteiger partial charge in [-0.1, -0.05) is 36.4 Å². The van der Waals surface area contributed by atoms with Gasteiger partial charge >= 0.3 is 0 Å². The van der Waals surface area contributed by atoms with Crippen LogP contribution in [0.1, 0.15) is 17.4 Å². The van der Waals surface area contributed by atoms with E-state index in [1.807, 2.05) is 19.3 Å². The number of hydrogen-bond acceptors (Lipinski definition) is 2. The van der Waals surface area contributed by atoms with Gasteiger partial charge in [-0.2, -0.15) is 0 Å². The number of fused-ring (bicyclic) bond motifs is 1. The van der Waals surface area contributed by atoms with Gasteiger partial charge in [0.2, 0.25) is 0 Å². The van der Waals surface area contributed by atoms with Crippen molar-refractivity contribution in [1.29, 1.82) is 0 Å². The van der Waals surface area contributed by atoms with E-state index in [0.717, 1.165) is 17.9 Å². The molecule has 1 unspecified atom stereocenters. The van der Waals surface area contributed by atoms with Crippen LogP contribution in [-0.2, 0) is 6.54 Å². The first-order chi connectivity index (χ1) is 9.24. The molecule has 3 rings (SSSR count). The monoisotopic (exact) mass is 251 g/mol. The largest absolute Gasteiger partial charge is 0.333 e. The first kappa shape index (κ1) is 11.9. The number of benzene rings is 2. The molecule has 0 amide bonds. The van der Waals surface area contributed by atoms with Gasteiger partial charge in [-0.05, 0) is 29.3 Å². The Morgan fingerprint density at radius 1 is 1.16 bits per heavy atom. The Hall–Kier alpha value is -2.13. The van der Waals surface area contributed by atoms with Crippen molar-refractivity contribution in [2.75, 3.05) is 0 Å². The van der Waals surface area contributed by atoms with Gasteiger partial charge in [0.25, 0.3) is 0 Å². The van der Waals surface area contributed by atoms with Crippen molar-refractivity contribution in [3.8, 4) is 0 Å². The third-order valence-corrected chi connectivity index (χ3v) is 3.52. The Morgan fingerprint density at radius 3 is 2.68 bits per heavy atom. The molecule has 3 aromatic rings. The molecule has 0 saturated carbocycles. The Morgan fingerprint density at radius 2 is 1.95 bits per heavy atom. The lowest BCUT2D eigenvalue weighted by atomic mass is 10.0. The smallest absolute Gasteiger partial charge is 0.105 e. The zero-order chi connectivity index (χ0) is 13.2. The van der Waals surface area contributed by atoms with Gasteiger partial charge in [-0.25, -0.2) is 4.98 Å². The van der Waals surface area contributed by atoms with Gasteiger partial charge in [0, 0.05) is 25.0 Å². The molecule has 1 heterocycles. The fourth-order valence-corrected chi connectivity index (χ4v) is 2.35. The van der Waals surface area contributed by atoms with Crippen LogP contribution in [0.4, 0.5) is 0 Å². The summed E-state index contributed by atoms with van der Waals surface area (Å²) < 4.78 is 2.08. The highest BCUT2D eigenvalue weighted by Crippen LogP contribution is 2.20. The van der Waals surface area contributed by atoms with Crippen molar-refractivity contribution in [3.63, 3.8) is 0 Å². The molecule has 96 valence electrons. The third-order valence-electron chi connectivity index (χ3n) is 3.52. The maximum atomic E-state index is 6.30. The standard InChI is InChI=1S/C16H17N3/c1-12-18-8-9-19(12)11-16(17)15-7-6-13-4-2-3-5-14(13)10-15/h2-10,16H,11,17H2,1H3. The summed E-state index contributed by atoms with van der Waals surface area (Å²) in [7, 11) is 0. The fourth-order valence-electron chi connectivity index (χ4n) is 2.35. The van der Waals surface area contributed by atoms with Gasteiger partial charge in [0.15, 0.2) is 0 Å². The molecule has 0 spiro atoms. The Bertz CT molecular complexity index is 700. The molecule has 0 bridgehead atoms. The molecule has 0 fully saturated rings. The van der Waals surface area contributed by atoms with E-state index in [1.165, 1.54) is 10.8 Å². The first-order valence-electron chi connectivity index (χ1n) is 6.46.